The van der Waals surface area contributed by atoms with Crippen molar-refractivity contribution >= 4 is 14.2 Å². The van der Waals surface area contributed by atoms with Crippen LogP contribution in [-0.2, 0) is 0 Å². The SMILES string of the molecule is Cc1cc(C)cc(N2C3c4ccccc4OP2Oc2ccccc23)c1. The van der Waals surface area contributed by atoms with E-state index in [1.807, 2.05) is 24.3 Å². The predicted molar refractivity (Wildman–Crippen MR) is 101 cm³/mol. The van der Waals surface area contributed by atoms with Gasteiger partial charge in [-0.3, -0.25) is 4.67 Å². The Morgan fingerprint density at radius 1 is 0.760 bits per heavy atom. The number of hydrogen-bond donors (Lipinski definition) is 0. The molecular formula is C21H18NO2P. The van der Waals surface area contributed by atoms with Crippen molar-refractivity contribution in [3.63, 3.8) is 0 Å². The highest BCUT2D eigenvalue weighted by Gasteiger charge is 2.45. The Labute approximate surface area is 148 Å². The summed E-state index contributed by atoms with van der Waals surface area (Å²) >= 11 is 0. The predicted octanol–water partition coefficient (Wildman–Crippen LogP) is 5.91. The number of anilines is 1. The second-order valence-electron chi connectivity index (χ2n) is 6.59. The molecule has 0 spiro atoms. The molecular weight excluding hydrogens is 329 g/mol. The van der Waals surface area contributed by atoms with Crippen LogP contribution in [0.1, 0.15) is 28.3 Å². The van der Waals surface area contributed by atoms with E-state index < -0.39 is 8.53 Å². The molecule has 0 saturated heterocycles. The highest BCUT2D eigenvalue weighted by atomic mass is 31.2. The Balaban J connectivity index is 1.75. The summed E-state index contributed by atoms with van der Waals surface area (Å²) in [5, 5.41) is 0. The van der Waals surface area contributed by atoms with Crippen LogP contribution in [0.25, 0.3) is 0 Å². The Morgan fingerprint density at radius 2 is 1.28 bits per heavy atom. The molecule has 0 aliphatic carbocycles. The van der Waals surface area contributed by atoms with E-state index in [2.05, 4.69) is 61.0 Å². The normalized spacial score (nSPS) is 20.2. The van der Waals surface area contributed by atoms with Crippen LogP contribution in [0.5, 0.6) is 11.5 Å². The molecule has 0 amide bonds. The lowest BCUT2D eigenvalue weighted by Crippen LogP contribution is -2.35. The first-order valence-electron chi connectivity index (χ1n) is 8.42. The number of benzene rings is 3. The fraction of sp³-hybridized carbons (Fsp3) is 0.143. The lowest BCUT2D eigenvalue weighted by Gasteiger charge is -2.45. The lowest BCUT2D eigenvalue weighted by atomic mass is 9.96. The molecule has 5 rings (SSSR count). The van der Waals surface area contributed by atoms with E-state index in [9.17, 15) is 0 Å². The molecule has 3 nitrogen and oxygen atoms in total. The smallest absolute Gasteiger partial charge is 0.418 e. The van der Waals surface area contributed by atoms with Crippen LogP contribution in [0, 0.1) is 13.8 Å². The maximum Gasteiger partial charge on any atom is 0.418 e. The maximum absolute atomic E-state index is 6.27. The molecule has 0 radical (unpaired) electrons. The minimum atomic E-state index is -1.23. The molecule has 0 fully saturated rings. The molecule has 0 atom stereocenters. The van der Waals surface area contributed by atoms with E-state index in [0.29, 0.717) is 0 Å². The van der Waals surface area contributed by atoms with Gasteiger partial charge in [-0.1, -0.05) is 42.5 Å². The first kappa shape index (κ1) is 14.8. The van der Waals surface area contributed by atoms with Gasteiger partial charge < -0.3 is 9.05 Å². The van der Waals surface area contributed by atoms with E-state index in [-0.39, 0.29) is 6.04 Å². The van der Waals surface area contributed by atoms with Gasteiger partial charge in [-0.15, -0.1) is 0 Å². The molecule has 2 heterocycles. The van der Waals surface area contributed by atoms with Crippen molar-refractivity contribution in [2.24, 2.45) is 0 Å². The summed E-state index contributed by atoms with van der Waals surface area (Å²) in [7, 11) is -1.23. The van der Waals surface area contributed by atoms with Crippen LogP contribution >= 0.6 is 8.53 Å². The Kier molecular flexibility index (Phi) is 3.26. The van der Waals surface area contributed by atoms with E-state index in [0.717, 1.165) is 17.2 Å². The van der Waals surface area contributed by atoms with Crippen molar-refractivity contribution in [3.8, 4) is 11.5 Å². The zero-order chi connectivity index (χ0) is 17.0. The number of fused-ring (bicyclic) bond motifs is 6. The van der Waals surface area contributed by atoms with Crippen LogP contribution in [0.2, 0.25) is 0 Å². The van der Waals surface area contributed by atoms with E-state index in [1.54, 1.807) is 0 Å². The van der Waals surface area contributed by atoms with Gasteiger partial charge in [-0.2, -0.15) is 0 Å². The summed E-state index contributed by atoms with van der Waals surface area (Å²) in [6.07, 6.45) is 0. The number of rotatable bonds is 1. The third kappa shape index (κ3) is 2.31. The highest BCUT2D eigenvalue weighted by molar-refractivity contribution is 7.50. The molecule has 2 aliphatic rings. The third-order valence-electron chi connectivity index (χ3n) is 4.67. The summed E-state index contributed by atoms with van der Waals surface area (Å²) < 4.78 is 14.9. The monoisotopic (exact) mass is 347 g/mol. The van der Waals surface area contributed by atoms with Gasteiger partial charge in [0, 0.05) is 16.8 Å². The first-order valence-corrected chi connectivity index (χ1v) is 9.55. The molecule has 25 heavy (non-hydrogen) atoms. The van der Waals surface area contributed by atoms with Gasteiger partial charge >= 0.3 is 8.53 Å². The Morgan fingerprint density at radius 3 is 1.84 bits per heavy atom. The average molecular weight is 347 g/mol. The summed E-state index contributed by atoms with van der Waals surface area (Å²) in [6.45, 7) is 4.26. The fourth-order valence-electron chi connectivity index (χ4n) is 3.71. The van der Waals surface area contributed by atoms with Crippen molar-refractivity contribution in [1.82, 2.24) is 0 Å². The first-order chi connectivity index (χ1) is 12.2. The molecule has 4 heteroatoms. The van der Waals surface area contributed by atoms with Crippen LogP contribution in [0.3, 0.4) is 0 Å². The molecule has 0 N–H and O–H groups in total. The molecule has 0 aromatic heterocycles. The summed E-state index contributed by atoms with van der Waals surface area (Å²) in [5.74, 6) is 1.85. The van der Waals surface area contributed by atoms with Gasteiger partial charge in [0.05, 0.1) is 6.04 Å². The minimum Gasteiger partial charge on any atom is -0.422 e. The topological polar surface area (TPSA) is 21.7 Å². The van der Waals surface area contributed by atoms with Crippen molar-refractivity contribution in [3.05, 3.63) is 89.0 Å². The number of para-hydroxylation sites is 2. The van der Waals surface area contributed by atoms with Gasteiger partial charge in [0.1, 0.15) is 11.5 Å². The quantitative estimate of drug-likeness (QED) is 0.511. The van der Waals surface area contributed by atoms with Gasteiger partial charge in [0.25, 0.3) is 0 Å². The fourth-order valence-corrected chi connectivity index (χ4v) is 5.33. The molecule has 0 unspecified atom stereocenters. The summed E-state index contributed by atoms with van der Waals surface area (Å²) in [6, 6.07) is 23.3. The zero-order valence-corrected chi connectivity index (χ0v) is 15.0. The Hall–Kier alpha value is -2.51. The Bertz CT molecular complexity index is 902. The van der Waals surface area contributed by atoms with Crippen LogP contribution in [0.15, 0.2) is 66.7 Å². The van der Waals surface area contributed by atoms with Crippen LogP contribution in [0.4, 0.5) is 5.69 Å². The minimum absolute atomic E-state index is 0.113. The van der Waals surface area contributed by atoms with E-state index in [1.165, 1.54) is 22.3 Å². The van der Waals surface area contributed by atoms with Gasteiger partial charge in [-0.25, -0.2) is 0 Å². The highest BCUT2D eigenvalue weighted by Crippen LogP contribution is 2.62. The number of aryl methyl sites for hydroxylation is 2. The molecule has 124 valence electrons. The molecule has 2 bridgehead atoms. The van der Waals surface area contributed by atoms with Gasteiger partial charge in [-0.05, 0) is 49.2 Å². The molecule has 2 aliphatic heterocycles. The van der Waals surface area contributed by atoms with Crippen LogP contribution in [-0.4, -0.2) is 0 Å². The molecule has 3 aromatic rings. The second-order valence-corrected chi connectivity index (χ2v) is 7.86. The summed E-state index contributed by atoms with van der Waals surface area (Å²) in [4.78, 5) is 0. The largest absolute Gasteiger partial charge is 0.422 e. The molecule has 0 saturated carbocycles. The van der Waals surface area contributed by atoms with Crippen molar-refractivity contribution in [2.45, 2.75) is 19.9 Å². The maximum atomic E-state index is 6.27. The molecule has 3 aromatic carbocycles. The summed E-state index contributed by atoms with van der Waals surface area (Å²) in [5.41, 5.74) is 6.03. The van der Waals surface area contributed by atoms with Crippen LogP contribution < -0.4 is 13.7 Å². The second kappa shape index (κ2) is 5.50. The average Bonchev–Trinajstić information content (AvgIpc) is 2.60. The third-order valence-corrected chi connectivity index (χ3v) is 6.19. The number of hydrogen-bond acceptors (Lipinski definition) is 3. The van der Waals surface area contributed by atoms with E-state index >= 15 is 0 Å². The standard InChI is InChI=1S/C21H18NO2P/c1-14-11-15(2)13-16(12-14)22-21-17-7-3-5-9-19(17)23-25(22)24-20-10-6-4-8-18(20)21/h3-13,21H,1-2H3. The van der Waals surface area contributed by atoms with Gasteiger partial charge in [0.2, 0.25) is 0 Å². The van der Waals surface area contributed by atoms with Gasteiger partial charge in [0.15, 0.2) is 0 Å². The van der Waals surface area contributed by atoms with Crippen molar-refractivity contribution in [1.29, 1.82) is 0 Å². The van der Waals surface area contributed by atoms with E-state index in [4.69, 9.17) is 9.05 Å². The number of nitrogens with zero attached hydrogens (tertiary/aromatic N) is 1. The van der Waals surface area contributed by atoms with Crippen molar-refractivity contribution in [2.75, 3.05) is 4.67 Å². The zero-order valence-electron chi connectivity index (χ0n) is 14.1. The lowest BCUT2D eigenvalue weighted by molar-refractivity contribution is 0.434. The van der Waals surface area contributed by atoms with Crippen molar-refractivity contribution < 1.29 is 9.05 Å².